The van der Waals surface area contributed by atoms with Crippen LogP contribution in [0.2, 0.25) is 0 Å². The summed E-state index contributed by atoms with van der Waals surface area (Å²) < 4.78 is 4.34. The fourth-order valence-electron chi connectivity index (χ4n) is 3.23. The maximum absolute atomic E-state index is 6.08. The monoisotopic (exact) mass is 219 g/mol. The third kappa shape index (κ3) is 0.835. The quantitative estimate of drug-likeness (QED) is 0.721. The number of anilines is 1. The number of aromatic nitrogens is 1. The van der Waals surface area contributed by atoms with Gasteiger partial charge in [-0.1, -0.05) is 6.08 Å². The Bertz CT molecular complexity index is 478. The number of hydrogen-bond donors (Lipinski definition) is 1. The minimum Gasteiger partial charge on any atom is -0.361 e. The van der Waals surface area contributed by atoms with Gasteiger partial charge in [-0.05, 0) is 30.1 Å². The molecule has 3 atom stereocenters. The molecule has 0 aromatic carbocycles. The van der Waals surface area contributed by atoms with E-state index in [1.807, 2.05) is 0 Å². The van der Waals surface area contributed by atoms with Crippen molar-refractivity contribution >= 4 is 16.5 Å². The van der Waals surface area contributed by atoms with Crippen LogP contribution in [0.4, 0.5) is 5.00 Å². The van der Waals surface area contributed by atoms with E-state index in [1.165, 1.54) is 10.6 Å². The maximum Gasteiger partial charge on any atom is 0.112 e. The van der Waals surface area contributed by atoms with Gasteiger partial charge in [0.1, 0.15) is 5.00 Å². The summed E-state index contributed by atoms with van der Waals surface area (Å²) >= 11 is 1.61. The molecule has 0 bridgehead atoms. The maximum atomic E-state index is 6.08. The first-order valence-electron chi connectivity index (χ1n) is 5.38. The third-order valence-corrected chi connectivity index (χ3v) is 5.06. The van der Waals surface area contributed by atoms with E-state index in [9.17, 15) is 0 Å². The van der Waals surface area contributed by atoms with Crippen LogP contribution in [-0.4, -0.2) is 23.5 Å². The normalized spacial score (nSPS) is 40.7. The fraction of sp³-hybridized carbons (Fsp3) is 0.545. The lowest BCUT2D eigenvalue weighted by Gasteiger charge is -2.35. The Kier molecular flexibility index (Phi) is 1.26. The van der Waals surface area contributed by atoms with Gasteiger partial charge in [0.15, 0.2) is 0 Å². The number of aryl methyl sites for hydroxylation is 1. The van der Waals surface area contributed by atoms with Crippen molar-refractivity contribution in [3.05, 3.63) is 23.4 Å². The molecule has 1 saturated carbocycles. The summed E-state index contributed by atoms with van der Waals surface area (Å²) in [6.07, 6.45) is 2.39. The molecule has 3 unspecified atom stereocenters. The standard InChI is InChI=1S/C11H13N3S/c1-6-2-9(15-13-6)14-4-8-10(12)7-3-11(7,8)5-14/h2-3,8,10H,4-5,12H2,1H3. The zero-order chi connectivity index (χ0) is 10.2. The topological polar surface area (TPSA) is 42.1 Å². The first kappa shape index (κ1) is 8.30. The SMILES string of the molecule is Cc1cc(N2CC3C(N)C4=CC43C2)sn1. The molecule has 4 heteroatoms. The average Bonchev–Trinajstić information content (AvgIpc) is 2.52. The molecule has 2 N–H and O–H groups in total. The Labute approximate surface area is 92.7 Å². The number of nitrogens with zero attached hydrogens (tertiary/aromatic N) is 2. The fourth-order valence-corrected chi connectivity index (χ4v) is 3.99. The lowest BCUT2D eigenvalue weighted by Crippen LogP contribution is -2.47. The number of rotatable bonds is 1. The number of hydrogen-bond acceptors (Lipinski definition) is 4. The van der Waals surface area contributed by atoms with E-state index in [1.54, 1.807) is 11.5 Å². The molecule has 1 aromatic heterocycles. The lowest BCUT2D eigenvalue weighted by atomic mass is 9.70. The molecule has 15 heavy (non-hydrogen) atoms. The summed E-state index contributed by atoms with van der Waals surface area (Å²) in [7, 11) is 0. The molecule has 2 heterocycles. The first-order valence-corrected chi connectivity index (χ1v) is 6.15. The second-order valence-electron chi connectivity index (χ2n) is 4.96. The summed E-state index contributed by atoms with van der Waals surface area (Å²) in [5.41, 5.74) is 9.15. The van der Waals surface area contributed by atoms with Gasteiger partial charge in [0.25, 0.3) is 0 Å². The van der Waals surface area contributed by atoms with E-state index >= 15 is 0 Å². The van der Waals surface area contributed by atoms with Gasteiger partial charge in [-0.25, -0.2) is 0 Å². The average molecular weight is 219 g/mol. The van der Waals surface area contributed by atoms with Crippen LogP contribution in [0.5, 0.6) is 0 Å². The Morgan fingerprint density at radius 2 is 2.53 bits per heavy atom. The molecule has 2 aliphatic carbocycles. The highest BCUT2D eigenvalue weighted by Crippen LogP contribution is 2.67. The third-order valence-electron chi connectivity index (χ3n) is 4.12. The van der Waals surface area contributed by atoms with Crippen LogP contribution in [0.3, 0.4) is 0 Å². The van der Waals surface area contributed by atoms with Gasteiger partial charge < -0.3 is 10.6 Å². The predicted octanol–water partition coefficient (Wildman–Crippen LogP) is 1.16. The molecule has 1 spiro atoms. The molecule has 1 aliphatic heterocycles. The molecule has 3 aliphatic rings. The van der Waals surface area contributed by atoms with E-state index in [0.29, 0.717) is 17.4 Å². The minimum atomic E-state index is 0.351. The zero-order valence-corrected chi connectivity index (χ0v) is 9.42. The highest BCUT2D eigenvalue weighted by Gasteiger charge is 2.68. The van der Waals surface area contributed by atoms with E-state index < -0.39 is 0 Å². The van der Waals surface area contributed by atoms with Gasteiger partial charge in [-0.15, -0.1) is 0 Å². The van der Waals surface area contributed by atoms with Crippen LogP contribution in [0, 0.1) is 18.3 Å². The van der Waals surface area contributed by atoms with Gasteiger partial charge in [0.2, 0.25) is 0 Å². The van der Waals surface area contributed by atoms with Gasteiger partial charge in [0.05, 0.1) is 5.69 Å². The molecular weight excluding hydrogens is 206 g/mol. The molecule has 3 nitrogen and oxygen atoms in total. The van der Waals surface area contributed by atoms with Crippen molar-refractivity contribution in [3.8, 4) is 0 Å². The van der Waals surface area contributed by atoms with Crippen LogP contribution in [0.1, 0.15) is 5.69 Å². The van der Waals surface area contributed by atoms with E-state index in [0.717, 1.165) is 18.8 Å². The van der Waals surface area contributed by atoms with Crippen LogP contribution in [0.25, 0.3) is 0 Å². The van der Waals surface area contributed by atoms with Crippen molar-refractivity contribution < 1.29 is 0 Å². The summed E-state index contributed by atoms with van der Waals surface area (Å²) in [6, 6.07) is 2.53. The zero-order valence-electron chi connectivity index (χ0n) is 8.60. The van der Waals surface area contributed by atoms with Crippen LogP contribution in [-0.2, 0) is 0 Å². The van der Waals surface area contributed by atoms with Gasteiger partial charge in [-0.2, -0.15) is 4.37 Å². The second-order valence-corrected chi connectivity index (χ2v) is 5.74. The van der Waals surface area contributed by atoms with E-state index in [4.69, 9.17) is 5.73 Å². The highest BCUT2D eigenvalue weighted by molar-refractivity contribution is 7.10. The molecule has 1 saturated heterocycles. The molecule has 0 radical (unpaired) electrons. The van der Waals surface area contributed by atoms with Crippen LogP contribution >= 0.6 is 11.5 Å². The number of nitrogens with two attached hydrogens (primary N) is 1. The summed E-state index contributed by atoms with van der Waals surface area (Å²) in [4.78, 5) is 2.45. The summed E-state index contributed by atoms with van der Waals surface area (Å²) in [5.74, 6) is 0.676. The van der Waals surface area contributed by atoms with Gasteiger partial charge in [-0.3, -0.25) is 0 Å². The molecule has 2 fully saturated rings. The van der Waals surface area contributed by atoms with E-state index in [2.05, 4.69) is 28.3 Å². The van der Waals surface area contributed by atoms with Crippen molar-refractivity contribution in [2.75, 3.05) is 18.0 Å². The molecule has 0 amide bonds. The second kappa shape index (κ2) is 2.28. The lowest BCUT2D eigenvalue weighted by molar-refractivity contribution is 0.287. The first-order chi connectivity index (χ1) is 7.21. The van der Waals surface area contributed by atoms with Crippen molar-refractivity contribution in [3.63, 3.8) is 0 Å². The molecule has 78 valence electrons. The van der Waals surface area contributed by atoms with Crippen molar-refractivity contribution in [2.45, 2.75) is 13.0 Å². The molecule has 1 aromatic rings. The van der Waals surface area contributed by atoms with Crippen molar-refractivity contribution in [1.29, 1.82) is 0 Å². The Morgan fingerprint density at radius 3 is 3.13 bits per heavy atom. The summed E-state index contributed by atoms with van der Waals surface area (Å²) in [6.45, 7) is 4.31. The smallest absolute Gasteiger partial charge is 0.112 e. The molecule has 4 rings (SSSR count). The van der Waals surface area contributed by atoms with E-state index in [-0.39, 0.29) is 0 Å². The van der Waals surface area contributed by atoms with Crippen molar-refractivity contribution in [1.82, 2.24) is 4.37 Å². The highest BCUT2D eigenvalue weighted by atomic mass is 32.1. The van der Waals surface area contributed by atoms with Gasteiger partial charge in [0, 0.05) is 30.5 Å². The Balaban J connectivity index is 1.63. The van der Waals surface area contributed by atoms with Crippen LogP contribution < -0.4 is 10.6 Å². The Morgan fingerprint density at radius 1 is 1.67 bits per heavy atom. The predicted molar refractivity (Wildman–Crippen MR) is 61.0 cm³/mol. The van der Waals surface area contributed by atoms with Crippen LogP contribution in [0.15, 0.2) is 17.7 Å². The van der Waals surface area contributed by atoms with Gasteiger partial charge >= 0.3 is 0 Å². The minimum absolute atomic E-state index is 0.351. The van der Waals surface area contributed by atoms with Crippen molar-refractivity contribution in [2.24, 2.45) is 17.1 Å². The largest absolute Gasteiger partial charge is 0.361 e. The molecular formula is C11H13N3S. The summed E-state index contributed by atoms with van der Waals surface area (Å²) in [5, 5.41) is 1.31. The Hall–Kier alpha value is -0.870.